The highest BCUT2D eigenvalue weighted by Crippen LogP contribution is 2.11. The number of carbonyl (C=O) groups is 1. The first-order chi connectivity index (χ1) is 10.6. The lowest BCUT2D eigenvalue weighted by atomic mass is 10.2. The normalized spacial score (nSPS) is 10.3. The van der Waals surface area contributed by atoms with Crippen LogP contribution in [-0.2, 0) is 4.79 Å². The third-order valence-corrected chi connectivity index (χ3v) is 2.84. The molecule has 0 fully saturated rings. The van der Waals surface area contributed by atoms with Gasteiger partial charge in [0.15, 0.2) is 5.82 Å². The maximum Gasteiger partial charge on any atom is 0.222 e. The van der Waals surface area contributed by atoms with E-state index in [9.17, 15) is 4.79 Å². The number of anilines is 3. The second kappa shape index (κ2) is 7.92. The summed E-state index contributed by atoms with van der Waals surface area (Å²) in [6.45, 7) is 4.87. The predicted molar refractivity (Wildman–Crippen MR) is 85.9 cm³/mol. The Bertz CT molecular complexity index is 585. The SMILES string of the molecule is CC(C)C(=O)NCCNc1ccc(Nc2ccccn2)nn1. The van der Waals surface area contributed by atoms with E-state index in [0.29, 0.717) is 30.5 Å². The molecular weight excluding hydrogens is 280 g/mol. The Morgan fingerprint density at radius 3 is 2.45 bits per heavy atom. The van der Waals surface area contributed by atoms with Crippen LogP contribution >= 0.6 is 0 Å². The van der Waals surface area contributed by atoms with Crippen LogP contribution in [0, 0.1) is 5.92 Å². The number of pyridine rings is 1. The first kappa shape index (κ1) is 15.7. The zero-order valence-corrected chi connectivity index (χ0v) is 12.7. The summed E-state index contributed by atoms with van der Waals surface area (Å²) < 4.78 is 0. The van der Waals surface area contributed by atoms with Crippen molar-refractivity contribution >= 4 is 23.4 Å². The van der Waals surface area contributed by atoms with E-state index in [1.54, 1.807) is 6.20 Å². The summed E-state index contributed by atoms with van der Waals surface area (Å²) >= 11 is 0. The monoisotopic (exact) mass is 300 g/mol. The largest absolute Gasteiger partial charge is 0.367 e. The molecule has 0 spiro atoms. The number of carbonyl (C=O) groups excluding carboxylic acids is 1. The minimum atomic E-state index is -0.00301. The molecule has 3 N–H and O–H groups in total. The van der Waals surface area contributed by atoms with Crippen molar-refractivity contribution in [3.05, 3.63) is 36.5 Å². The van der Waals surface area contributed by atoms with Crippen molar-refractivity contribution in [2.45, 2.75) is 13.8 Å². The van der Waals surface area contributed by atoms with Gasteiger partial charge in [-0.15, -0.1) is 10.2 Å². The van der Waals surface area contributed by atoms with Crippen molar-refractivity contribution in [1.82, 2.24) is 20.5 Å². The number of amides is 1. The summed E-state index contributed by atoms with van der Waals surface area (Å²) in [5.41, 5.74) is 0. The molecule has 2 aromatic heterocycles. The summed E-state index contributed by atoms with van der Waals surface area (Å²) in [5.74, 6) is 2.04. The number of hydrogen-bond donors (Lipinski definition) is 3. The van der Waals surface area contributed by atoms with E-state index in [0.717, 1.165) is 0 Å². The number of nitrogens with one attached hydrogen (secondary N) is 3. The molecule has 0 aromatic carbocycles. The highest BCUT2D eigenvalue weighted by Gasteiger charge is 2.05. The van der Waals surface area contributed by atoms with Crippen molar-refractivity contribution in [3.63, 3.8) is 0 Å². The molecule has 1 amide bonds. The van der Waals surface area contributed by atoms with Crippen molar-refractivity contribution in [2.75, 3.05) is 23.7 Å². The topological polar surface area (TPSA) is 91.8 Å². The third-order valence-electron chi connectivity index (χ3n) is 2.84. The Morgan fingerprint density at radius 2 is 1.82 bits per heavy atom. The van der Waals surface area contributed by atoms with E-state index in [-0.39, 0.29) is 11.8 Å². The van der Waals surface area contributed by atoms with Crippen LogP contribution < -0.4 is 16.0 Å². The molecule has 7 heteroatoms. The summed E-state index contributed by atoms with van der Waals surface area (Å²) in [6, 6.07) is 9.23. The zero-order chi connectivity index (χ0) is 15.8. The molecule has 7 nitrogen and oxygen atoms in total. The minimum Gasteiger partial charge on any atom is -0.367 e. The maximum absolute atomic E-state index is 11.4. The van der Waals surface area contributed by atoms with Crippen molar-refractivity contribution < 1.29 is 4.79 Å². The van der Waals surface area contributed by atoms with Crippen LogP contribution in [0.25, 0.3) is 0 Å². The first-order valence-corrected chi connectivity index (χ1v) is 7.18. The fourth-order valence-corrected chi connectivity index (χ4v) is 1.64. The summed E-state index contributed by atoms with van der Waals surface area (Å²) in [6.07, 6.45) is 1.71. The fraction of sp³-hybridized carbons (Fsp3) is 0.333. The molecule has 0 unspecified atom stereocenters. The van der Waals surface area contributed by atoms with Crippen LogP contribution in [0.5, 0.6) is 0 Å². The lowest BCUT2D eigenvalue weighted by Gasteiger charge is -2.09. The van der Waals surface area contributed by atoms with Crippen molar-refractivity contribution in [3.8, 4) is 0 Å². The molecule has 2 heterocycles. The third kappa shape index (κ3) is 5.01. The Labute approximate surface area is 129 Å². The highest BCUT2D eigenvalue weighted by molar-refractivity contribution is 5.77. The summed E-state index contributed by atoms with van der Waals surface area (Å²) in [7, 11) is 0. The lowest BCUT2D eigenvalue weighted by molar-refractivity contribution is -0.123. The molecule has 0 saturated heterocycles. The molecule has 0 radical (unpaired) electrons. The Morgan fingerprint density at radius 1 is 1.05 bits per heavy atom. The molecule has 0 bridgehead atoms. The van der Waals surface area contributed by atoms with Crippen LogP contribution in [0.15, 0.2) is 36.5 Å². The Kier molecular flexibility index (Phi) is 5.65. The van der Waals surface area contributed by atoms with Gasteiger partial charge in [0.05, 0.1) is 0 Å². The number of hydrogen-bond acceptors (Lipinski definition) is 6. The quantitative estimate of drug-likeness (QED) is 0.675. The van der Waals surface area contributed by atoms with E-state index in [1.807, 2.05) is 44.2 Å². The molecule has 0 aliphatic carbocycles. The van der Waals surface area contributed by atoms with E-state index in [2.05, 4.69) is 31.1 Å². The molecule has 0 atom stereocenters. The number of nitrogens with zero attached hydrogens (tertiary/aromatic N) is 3. The van der Waals surface area contributed by atoms with Crippen LogP contribution in [-0.4, -0.2) is 34.2 Å². The van der Waals surface area contributed by atoms with Crippen molar-refractivity contribution in [1.29, 1.82) is 0 Å². The van der Waals surface area contributed by atoms with Gasteiger partial charge in [-0.25, -0.2) is 4.98 Å². The maximum atomic E-state index is 11.4. The van der Waals surface area contributed by atoms with E-state index >= 15 is 0 Å². The van der Waals surface area contributed by atoms with Gasteiger partial charge < -0.3 is 16.0 Å². The highest BCUT2D eigenvalue weighted by atomic mass is 16.1. The van der Waals surface area contributed by atoms with Gasteiger partial charge >= 0.3 is 0 Å². The molecule has 2 aromatic rings. The zero-order valence-electron chi connectivity index (χ0n) is 12.7. The molecule has 0 aliphatic heterocycles. The van der Waals surface area contributed by atoms with Crippen LogP contribution in [0.1, 0.15) is 13.8 Å². The van der Waals surface area contributed by atoms with Gasteiger partial charge in [0.1, 0.15) is 11.6 Å². The first-order valence-electron chi connectivity index (χ1n) is 7.18. The molecule has 2 rings (SSSR count). The molecule has 0 aliphatic rings. The minimum absolute atomic E-state index is 0.00301. The van der Waals surface area contributed by atoms with E-state index in [4.69, 9.17) is 0 Å². The fourth-order valence-electron chi connectivity index (χ4n) is 1.64. The van der Waals surface area contributed by atoms with Gasteiger partial charge in [0.25, 0.3) is 0 Å². The van der Waals surface area contributed by atoms with Gasteiger partial charge in [-0.1, -0.05) is 19.9 Å². The number of aromatic nitrogens is 3. The predicted octanol–water partition coefficient (Wildman–Crippen LogP) is 1.80. The molecule has 116 valence electrons. The van der Waals surface area contributed by atoms with E-state index in [1.165, 1.54) is 0 Å². The Hall–Kier alpha value is -2.70. The standard InChI is InChI=1S/C15H20N6O/c1-11(2)15(22)18-10-9-17-13-6-7-14(21-20-13)19-12-5-3-4-8-16-12/h3-8,11H,9-10H2,1-2H3,(H,17,20)(H,18,22)(H,16,19,21). The van der Waals surface area contributed by atoms with Gasteiger partial charge in [-0.05, 0) is 24.3 Å². The summed E-state index contributed by atoms with van der Waals surface area (Å²) in [5, 5.41) is 17.1. The summed E-state index contributed by atoms with van der Waals surface area (Å²) in [4.78, 5) is 15.5. The molecule has 0 saturated carbocycles. The molecular formula is C15H20N6O. The second-order valence-electron chi connectivity index (χ2n) is 5.02. The van der Waals surface area contributed by atoms with Crippen LogP contribution in [0.4, 0.5) is 17.5 Å². The van der Waals surface area contributed by atoms with Crippen LogP contribution in [0.3, 0.4) is 0 Å². The van der Waals surface area contributed by atoms with Gasteiger partial charge in [0.2, 0.25) is 5.91 Å². The molecule has 22 heavy (non-hydrogen) atoms. The van der Waals surface area contributed by atoms with Crippen LogP contribution in [0.2, 0.25) is 0 Å². The van der Waals surface area contributed by atoms with Gasteiger partial charge in [0, 0.05) is 25.2 Å². The van der Waals surface area contributed by atoms with Gasteiger partial charge in [-0.2, -0.15) is 0 Å². The average molecular weight is 300 g/mol. The van der Waals surface area contributed by atoms with Gasteiger partial charge in [-0.3, -0.25) is 4.79 Å². The smallest absolute Gasteiger partial charge is 0.222 e. The second-order valence-corrected chi connectivity index (χ2v) is 5.02. The number of rotatable bonds is 7. The van der Waals surface area contributed by atoms with E-state index < -0.39 is 0 Å². The van der Waals surface area contributed by atoms with Crippen molar-refractivity contribution in [2.24, 2.45) is 5.92 Å². The average Bonchev–Trinajstić information content (AvgIpc) is 2.53. The Balaban J connectivity index is 1.76. The lowest BCUT2D eigenvalue weighted by Crippen LogP contribution is -2.32.